The Labute approximate surface area is 132 Å². The van der Waals surface area contributed by atoms with E-state index in [0.29, 0.717) is 18.7 Å². The lowest BCUT2D eigenvalue weighted by atomic mass is 9.86. The molecule has 1 aromatic rings. The number of piperidine rings is 1. The third kappa shape index (κ3) is 3.61. The zero-order valence-electron chi connectivity index (χ0n) is 12.1. The van der Waals surface area contributed by atoms with Gasteiger partial charge in [0.1, 0.15) is 0 Å². The highest BCUT2D eigenvalue weighted by Gasteiger charge is 2.41. The molecule has 1 aliphatic heterocycles. The predicted octanol–water partition coefficient (Wildman–Crippen LogP) is 2.86. The van der Waals surface area contributed by atoms with E-state index in [4.69, 9.17) is 0 Å². The summed E-state index contributed by atoms with van der Waals surface area (Å²) >= 11 is 3.32. The summed E-state index contributed by atoms with van der Waals surface area (Å²) in [6.07, 6.45) is 2.29. The maximum atomic E-state index is 12.2. The lowest BCUT2D eigenvalue weighted by molar-refractivity contribution is -0.152. The van der Waals surface area contributed by atoms with Crippen LogP contribution in [0.4, 0.5) is 0 Å². The predicted molar refractivity (Wildman–Crippen MR) is 81.6 cm³/mol. The van der Waals surface area contributed by atoms with E-state index in [1.165, 1.54) is 0 Å². The number of carbonyl (C=O) groups excluding carboxylic acids is 1. The second-order valence-corrected chi connectivity index (χ2v) is 6.69. The first-order valence-electron chi connectivity index (χ1n) is 7.04. The molecule has 0 aliphatic carbocycles. The molecule has 114 valence electrons. The number of hydrogen-bond donors (Lipinski definition) is 1. The zero-order chi connectivity index (χ0) is 15.6. The first-order chi connectivity index (χ1) is 9.90. The van der Waals surface area contributed by atoms with Crippen LogP contribution in [0, 0.1) is 11.8 Å². The van der Waals surface area contributed by atoms with Crippen LogP contribution >= 0.6 is 15.9 Å². The molecule has 0 bridgehead atoms. The average molecular weight is 355 g/mol. The van der Waals surface area contributed by atoms with Gasteiger partial charge in [0.05, 0.1) is 17.7 Å². The molecule has 1 aromatic heterocycles. The van der Waals surface area contributed by atoms with Gasteiger partial charge in [-0.05, 0) is 40.4 Å². The van der Waals surface area contributed by atoms with Crippen molar-refractivity contribution in [3.63, 3.8) is 0 Å². The minimum Gasteiger partial charge on any atom is -0.481 e. The summed E-state index contributed by atoms with van der Waals surface area (Å²) in [6.45, 7) is 4.58. The highest BCUT2D eigenvalue weighted by molar-refractivity contribution is 9.10. The fourth-order valence-electron chi connectivity index (χ4n) is 2.75. The van der Waals surface area contributed by atoms with Crippen LogP contribution in [0.15, 0.2) is 22.8 Å². The molecule has 0 spiro atoms. The highest BCUT2D eigenvalue weighted by Crippen LogP contribution is 2.36. The fraction of sp³-hybridized carbons (Fsp3) is 0.533. The Hall–Kier alpha value is -1.43. The Morgan fingerprint density at radius 2 is 2.24 bits per heavy atom. The van der Waals surface area contributed by atoms with Crippen molar-refractivity contribution in [2.24, 2.45) is 11.8 Å². The molecular weight excluding hydrogens is 336 g/mol. The smallest absolute Gasteiger partial charge is 0.309 e. The van der Waals surface area contributed by atoms with Gasteiger partial charge < -0.3 is 10.0 Å². The number of nitrogens with zero attached hydrogens (tertiary/aromatic N) is 2. The van der Waals surface area contributed by atoms with E-state index in [1.807, 2.05) is 19.9 Å². The number of hydrogen-bond acceptors (Lipinski definition) is 3. The van der Waals surface area contributed by atoms with Crippen LogP contribution in [0.5, 0.6) is 0 Å². The Kier molecular flexibility index (Phi) is 4.98. The van der Waals surface area contributed by atoms with Gasteiger partial charge in [-0.25, -0.2) is 0 Å². The Balaban J connectivity index is 2.40. The molecule has 1 N–H and O–H groups in total. The van der Waals surface area contributed by atoms with Crippen molar-refractivity contribution in [3.05, 3.63) is 28.5 Å². The monoisotopic (exact) mass is 354 g/mol. The molecule has 1 saturated heterocycles. The molecule has 2 rings (SSSR count). The molecule has 2 heterocycles. The van der Waals surface area contributed by atoms with Crippen molar-refractivity contribution in [2.45, 2.75) is 32.7 Å². The van der Waals surface area contributed by atoms with Gasteiger partial charge in [0.15, 0.2) is 0 Å². The normalized spacial score (nSPS) is 22.7. The van der Waals surface area contributed by atoms with Gasteiger partial charge in [0.2, 0.25) is 5.91 Å². The lowest BCUT2D eigenvalue weighted by Crippen LogP contribution is -2.47. The molecule has 0 radical (unpaired) electrons. The van der Waals surface area contributed by atoms with Crippen molar-refractivity contribution in [1.82, 2.24) is 9.88 Å². The summed E-state index contributed by atoms with van der Waals surface area (Å²) in [5.41, 5.74) is 0.638. The van der Waals surface area contributed by atoms with Crippen molar-refractivity contribution < 1.29 is 14.7 Å². The number of carbonyl (C=O) groups is 2. The van der Waals surface area contributed by atoms with Gasteiger partial charge in [-0.2, -0.15) is 0 Å². The number of pyridine rings is 1. The van der Waals surface area contributed by atoms with Crippen LogP contribution in [0.3, 0.4) is 0 Å². The van der Waals surface area contributed by atoms with Crippen molar-refractivity contribution in [3.8, 4) is 0 Å². The van der Waals surface area contributed by atoms with Crippen LogP contribution in [0.25, 0.3) is 0 Å². The number of amides is 1. The van der Waals surface area contributed by atoms with Crippen molar-refractivity contribution >= 4 is 27.8 Å². The Bertz CT molecular complexity index is 530. The quantitative estimate of drug-likeness (QED) is 0.902. The minimum absolute atomic E-state index is 0.0101. The van der Waals surface area contributed by atoms with Gasteiger partial charge in [-0.3, -0.25) is 14.6 Å². The Morgan fingerprint density at radius 3 is 2.76 bits per heavy atom. The molecular formula is C15H19BrN2O3. The zero-order valence-corrected chi connectivity index (χ0v) is 13.7. The van der Waals surface area contributed by atoms with Crippen LogP contribution in [-0.2, 0) is 9.59 Å². The molecule has 5 nitrogen and oxygen atoms in total. The first kappa shape index (κ1) is 15.9. The largest absolute Gasteiger partial charge is 0.481 e. The van der Waals surface area contributed by atoms with Gasteiger partial charge in [0, 0.05) is 23.6 Å². The molecule has 0 aromatic carbocycles. The number of aliphatic carboxylic acids is 1. The summed E-state index contributed by atoms with van der Waals surface area (Å²) in [7, 11) is 0. The standard InChI is InChI=1S/C15H19BrN2O3/c1-9(2)8-18-13(19)6-4-11(15(20)21)14(18)12-5-3-10(16)7-17-12/h3,5,7,9,11,14H,4,6,8H2,1-2H3,(H,20,21). The fourth-order valence-corrected chi connectivity index (χ4v) is 2.98. The highest BCUT2D eigenvalue weighted by atomic mass is 79.9. The number of carboxylic acids is 1. The van der Waals surface area contributed by atoms with E-state index in [1.54, 1.807) is 17.2 Å². The molecule has 2 atom stereocenters. The lowest BCUT2D eigenvalue weighted by Gasteiger charge is -2.40. The molecule has 1 aliphatic rings. The molecule has 0 saturated carbocycles. The van der Waals surface area contributed by atoms with Gasteiger partial charge in [0.25, 0.3) is 0 Å². The summed E-state index contributed by atoms with van der Waals surface area (Å²) in [4.78, 5) is 29.8. The molecule has 2 unspecified atom stereocenters. The molecule has 1 amide bonds. The SMILES string of the molecule is CC(C)CN1C(=O)CCC(C(=O)O)C1c1ccc(Br)cn1. The van der Waals surface area contributed by atoms with E-state index in [2.05, 4.69) is 20.9 Å². The molecule has 6 heteroatoms. The van der Waals surface area contributed by atoms with E-state index in [-0.39, 0.29) is 18.2 Å². The Morgan fingerprint density at radius 1 is 1.52 bits per heavy atom. The van der Waals surface area contributed by atoms with Gasteiger partial charge in [-0.15, -0.1) is 0 Å². The summed E-state index contributed by atoms with van der Waals surface area (Å²) < 4.78 is 0.829. The first-order valence-corrected chi connectivity index (χ1v) is 7.83. The summed E-state index contributed by atoms with van der Waals surface area (Å²) in [6, 6.07) is 3.13. The van der Waals surface area contributed by atoms with E-state index in [0.717, 1.165) is 4.47 Å². The second-order valence-electron chi connectivity index (χ2n) is 5.77. The van der Waals surface area contributed by atoms with Gasteiger partial charge in [-0.1, -0.05) is 13.8 Å². The van der Waals surface area contributed by atoms with Gasteiger partial charge >= 0.3 is 5.97 Å². The molecule has 21 heavy (non-hydrogen) atoms. The van der Waals surface area contributed by atoms with Crippen molar-refractivity contribution in [1.29, 1.82) is 0 Å². The number of carboxylic acid groups (broad SMARTS) is 1. The van der Waals surface area contributed by atoms with E-state index in [9.17, 15) is 14.7 Å². The summed E-state index contributed by atoms with van der Waals surface area (Å²) in [5, 5.41) is 9.49. The van der Waals surface area contributed by atoms with E-state index < -0.39 is 17.9 Å². The number of rotatable bonds is 4. The van der Waals surface area contributed by atoms with Crippen LogP contribution < -0.4 is 0 Å². The maximum absolute atomic E-state index is 12.2. The van der Waals surface area contributed by atoms with Crippen LogP contribution in [0.1, 0.15) is 38.4 Å². The number of aromatic nitrogens is 1. The number of halogens is 1. The minimum atomic E-state index is -0.869. The maximum Gasteiger partial charge on any atom is 0.309 e. The third-order valence-electron chi connectivity index (χ3n) is 3.64. The third-order valence-corrected chi connectivity index (χ3v) is 4.11. The van der Waals surface area contributed by atoms with E-state index >= 15 is 0 Å². The average Bonchev–Trinajstić information content (AvgIpc) is 2.41. The van der Waals surface area contributed by atoms with Crippen LogP contribution in [-0.4, -0.2) is 33.4 Å². The topological polar surface area (TPSA) is 70.5 Å². The molecule has 1 fully saturated rings. The summed E-state index contributed by atoms with van der Waals surface area (Å²) in [5.74, 6) is -1.18. The number of likely N-dealkylation sites (tertiary alicyclic amines) is 1. The van der Waals surface area contributed by atoms with Crippen LogP contribution in [0.2, 0.25) is 0 Å². The second kappa shape index (κ2) is 6.56. The van der Waals surface area contributed by atoms with Crippen molar-refractivity contribution in [2.75, 3.05) is 6.54 Å².